The van der Waals surface area contributed by atoms with Crippen LogP contribution in [0, 0.1) is 12.8 Å². The minimum absolute atomic E-state index is 0.0813. The maximum Gasteiger partial charge on any atom is 0.328 e. The van der Waals surface area contributed by atoms with Crippen LogP contribution < -0.4 is 5.32 Å². The van der Waals surface area contributed by atoms with E-state index in [4.69, 9.17) is 9.15 Å². The number of furan rings is 1. The van der Waals surface area contributed by atoms with Crippen molar-refractivity contribution in [2.24, 2.45) is 5.92 Å². The summed E-state index contributed by atoms with van der Waals surface area (Å²) in [6.07, 6.45) is 0. The number of rotatable bonds is 5. The molecule has 0 aromatic carbocycles. The molecule has 1 atom stereocenters. The van der Waals surface area contributed by atoms with Crippen LogP contribution in [-0.2, 0) is 9.53 Å². The summed E-state index contributed by atoms with van der Waals surface area (Å²) >= 11 is 1.31. The highest BCUT2D eigenvalue weighted by atomic mass is 32.1. The Morgan fingerprint density at radius 2 is 2.09 bits per heavy atom. The van der Waals surface area contributed by atoms with Crippen molar-refractivity contribution in [3.8, 4) is 10.8 Å². The zero-order valence-electron chi connectivity index (χ0n) is 12.9. The first kappa shape index (κ1) is 16.2. The van der Waals surface area contributed by atoms with Crippen molar-refractivity contribution in [3.05, 3.63) is 29.0 Å². The van der Waals surface area contributed by atoms with Gasteiger partial charge in [-0.3, -0.25) is 4.79 Å². The summed E-state index contributed by atoms with van der Waals surface area (Å²) in [7, 11) is 1.30. The second-order valence-electron chi connectivity index (χ2n) is 5.17. The van der Waals surface area contributed by atoms with Crippen molar-refractivity contribution in [2.45, 2.75) is 26.8 Å². The number of nitrogens with one attached hydrogen (secondary N) is 1. The summed E-state index contributed by atoms with van der Waals surface area (Å²) < 4.78 is 10.2. The molecule has 1 amide bonds. The highest BCUT2D eigenvalue weighted by Gasteiger charge is 2.26. The standard InChI is InChI=1S/C15H18N2O4S/c1-8(2)12(15(19)20-4)17-13(18)10-7-22-14(16-10)11-6-5-9(3)21-11/h5-8,12H,1-4H3,(H,17,18). The average molecular weight is 322 g/mol. The lowest BCUT2D eigenvalue weighted by atomic mass is 10.0. The fourth-order valence-electron chi connectivity index (χ4n) is 1.88. The topological polar surface area (TPSA) is 81.4 Å². The van der Waals surface area contributed by atoms with Crippen LogP contribution in [-0.4, -0.2) is 30.0 Å². The molecule has 1 N–H and O–H groups in total. The van der Waals surface area contributed by atoms with Crippen LogP contribution >= 0.6 is 11.3 Å². The number of nitrogens with zero attached hydrogens (tertiary/aromatic N) is 1. The van der Waals surface area contributed by atoms with E-state index in [0.717, 1.165) is 5.76 Å². The zero-order chi connectivity index (χ0) is 16.3. The molecule has 0 spiro atoms. The molecule has 1 unspecified atom stereocenters. The Morgan fingerprint density at radius 1 is 1.36 bits per heavy atom. The molecule has 2 heterocycles. The van der Waals surface area contributed by atoms with Gasteiger partial charge in [0.05, 0.1) is 7.11 Å². The second-order valence-corrected chi connectivity index (χ2v) is 6.02. The molecule has 0 bridgehead atoms. The summed E-state index contributed by atoms with van der Waals surface area (Å²) in [5, 5.41) is 4.91. The van der Waals surface area contributed by atoms with E-state index in [-0.39, 0.29) is 11.6 Å². The van der Waals surface area contributed by atoms with E-state index < -0.39 is 17.9 Å². The van der Waals surface area contributed by atoms with Crippen molar-refractivity contribution in [1.82, 2.24) is 10.3 Å². The third-order valence-corrected chi connectivity index (χ3v) is 3.95. The molecule has 2 aromatic rings. The summed E-state index contributed by atoms with van der Waals surface area (Å²) in [6, 6.07) is 2.94. The van der Waals surface area contributed by atoms with Crippen LogP contribution in [0.1, 0.15) is 30.1 Å². The number of thiazole rings is 1. The minimum Gasteiger partial charge on any atom is -0.467 e. The maximum atomic E-state index is 12.2. The molecular formula is C15H18N2O4S. The van der Waals surface area contributed by atoms with Gasteiger partial charge < -0.3 is 14.5 Å². The van der Waals surface area contributed by atoms with Gasteiger partial charge in [-0.2, -0.15) is 0 Å². The van der Waals surface area contributed by atoms with Crippen LogP contribution in [0.2, 0.25) is 0 Å². The maximum absolute atomic E-state index is 12.2. The zero-order valence-corrected chi connectivity index (χ0v) is 13.7. The number of aryl methyl sites for hydroxylation is 1. The highest BCUT2D eigenvalue weighted by Crippen LogP contribution is 2.25. The lowest BCUT2D eigenvalue weighted by Gasteiger charge is -2.19. The Hall–Kier alpha value is -2.15. The number of amides is 1. The highest BCUT2D eigenvalue weighted by molar-refractivity contribution is 7.13. The van der Waals surface area contributed by atoms with Gasteiger partial charge in [0.15, 0.2) is 10.8 Å². The number of hydrogen-bond acceptors (Lipinski definition) is 6. The molecule has 22 heavy (non-hydrogen) atoms. The number of ether oxygens (including phenoxy) is 1. The van der Waals surface area contributed by atoms with Gasteiger partial charge in [0.25, 0.3) is 5.91 Å². The molecule has 0 saturated heterocycles. The Balaban J connectivity index is 2.13. The van der Waals surface area contributed by atoms with E-state index in [0.29, 0.717) is 10.8 Å². The first-order valence-corrected chi connectivity index (χ1v) is 7.71. The minimum atomic E-state index is -0.700. The molecule has 7 heteroatoms. The lowest BCUT2D eigenvalue weighted by molar-refractivity contribution is -0.144. The summed E-state index contributed by atoms with van der Waals surface area (Å²) in [6.45, 7) is 5.51. The smallest absolute Gasteiger partial charge is 0.328 e. The van der Waals surface area contributed by atoms with Crippen LogP contribution in [0.25, 0.3) is 10.8 Å². The van der Waals surface area contributed by atoms with Gasteiger partial charge in [-0.1, -0.05) is 13.8 Å². The largest absolute Gasteiger partial charge is 0.467 e. The number of aromatic nitrogens is 1. The average Bonchev–Trinajstić information content (AvgIpc) is 3.11. The van der Waals surface area contributed by atoms with Crippen LogP contribution in [0.4, 0.5) is 0 Å². The van der Waals surface area contributed by atoms with Crippen LogP contribution in [0.15, 0.2) is 21.9 Å². The number of carbonyl (C=O) groups excluding carboxylic acids is 2. The SMILES string of the molecule is COC(=O)C(NC(=O)c1csc(-c2ccc(C)o2)n1)C(C)C. The van der Waals surface area contributed by atoms with Gasteiger partial charge in [-0.25, -0.2) is 9.78 Å². The van der Waals surface area contributed by atoms with Crippen LogP contribution in [0.5, 0.6) is 0 Å². The first-order valence-electron chi connectivity index (χ1n) is 6.83. The molecule has 0 saturated carbocycles. The molecule has 2 aromatic heterocycles. The lowest BCUT2D eigenvalue weighted by Crippen LogP contribution is -2.45. The monoisotopic (exact) mass is 322 g/mol. The second kappa shape index (κ2) is 6.74. The van der Waals surface area contributed by atoms with E-state index in [9.17, 15) is 9.59 Å². The third kappa shape index (κ3) is 3.54. The molecule has 0 radical (unpaired) electrons. The number of methoxy groups -OCH3 is 1. The summed E-state index contributed by atoms with van der Waals surface area (Å²) in [5.74, 6) is 0.439. The predicted octanol–water partition coefficient (Wildman–Crippen LogP) is 2.64. The Morgan fingerprint density at radius 3 is 2.64 bits per heavy atom. The summed E-state index contributed by atoms with van der Waals surface area (Å²) in [5.41, 5.74) is 0.253. The molecule has 118 valence electrons. The summed E-state index contributed by atoms with van der Waals surface area (Å²) in [4.78, 5) is 28.2. The van der Waals surface area contributed by atoms with E-state index in [1.165, 1.54) is 18.4 Å². The molecular weight excluding hydrogens is 304 g/mol. The van der Waals surface area contributed by atoms with Gasteiger partial charge in [0, 0.05) is 5.38 Å². The molecule has 6 nitrogen and oxygen atoms in total. The molecule has 0 aliphatic carbocycles. The molecule has 0 aliphatic rings. The number of hydrogen-bond donors (Lipinski definition) is 1. The Labute approximate surface area is 132 Å². The van der Waals surface area contributed by atoms with Gasteiger partial charge in [-0.05, 0) is 25.0 Å². The van der Waals surface area contributed by atoms with Gasteiger partial charge in [0.2, 0.25) is 0 Å². The van der Waals surface area contributed by atoms with Crippen molar-refractivity contribution in [2.75, 3.05) is 7.11 Å². The number of carbonyl (C=O) groups is 2. The van der Waals surface area contributed by atoms with Crippen molar-refractivity contribution >= 4 is 23.2 Å². The van der Waals surface area contributed by atoms with E-state index >= 15 is 0 Å². The van der Waals surface area contributed by atoms with Gasteiger partial charge in [-0.15, -0.1) is 11.3 Å². The van der Waals surface area contributed by atoms with Crippen molar-refractivity contribution < 1.29 is 18.7 Å². The van der Waals surface area contributed by atoms with E-state index in [2.05, 4.69) is 10.3 Å². The van der Waals surface area contributed by atoms with Crippen molar-refractivity contribution in [3.63, 3.8) is 0 Å². The molecule has 2 rings (SSSR count). The quantitative estimate of drug-likeness (QED) is 0.856. The van der Waals surface area contributed by atoms with E-state index in [1.54, 1.807) is 11.4 Å². The first-order chi connectivity index (χ1) is 10.4. The Bertz CT molecular complexity index is 675. The third-order valence-electron chi connectivity index (χ3n) is 3.10. The normalized spacial score (nSPS) is 12.2. The van der Waals surface area contributed by atoms with Crippen LogP contribution in [0.3, 0.4) is 0 Å². The Kier molecular flexibility index (Phi) is 4.97. The predicted molar refractivity (Wildman–Crippen MR) is 82.7 cm³/mol. The fraction of sp³-hybridized carbons (Fsp3) is 0.400. The van der Waals surface area contributed by atoms with E-state index in [1.807, 2.05) is 26.8 Å². The fourth-order valence-corrected chi connectivity index (χ4v) is 2.64. The van der Waals surface area contributed by atoms with Gasteiger partial charge >= 0.3 is 5.97 Å². The molecule has 0 fully saturated rings. The molecule has 0 aliphatic heterocycles. The van der Waals surface area contributed by atoms with Crippen molar-refractivity contribution in [1.29, 1.82) is 0 Å². The number of esters is 1. The van der Waals surface area contributed by atoms with Gasteiger partial charge in [0.1, 0.15) is 17.5 Å².